The molecule has 2 aromatic rings. The molecule has 0 amide bonds. The number of halogens is 2. The van der Waals surface area contributed by atoms with Gasteiger partial charge in [0.15, 0.2) is 0 Å². The number of ether oxygens (including phenoxy) is 2. The summed E-state index contributed by atoms with van der Waals surface area (Å²) < 4.78 is 11.6. The van der Waals surface area contributed by atoms with Crippen LogP contribution in [0.4, 0.5) is 0 Å². The minimum Gasteiger partial charge on any atom is -0.496 e. The zero-order valence-electron chi connectivity index (χ0n) is 11.4. The molecule has 1 N–H and O–H groups in total. The Morgan fingerprint density at radius 1 is 1.25 bits per heavy atom. The van der Waals surface area contributed by atoms with E-state index in [1.165, 1.54) is 0 Å². The fourth-order valence-corrected chi connectivity index (χ4v) is 4.03. The molecule has 0 aliphatic rings. The van der Waals surface area contributed by atoms with Crippen molar-refractivity contribution in [2.75, 3.05) is 21.3 Å². The van der Waals surface area contributed by atoms with Crippen LogP contribution < -0.4 is 14.8 Å². The maximum absolute atomic E-state index is 6.17. The molecule has 1 unspecified atom stereocenters. The molecule has 108 valence electrons. The molecule has 1 aromatic carbocycles. The van der Waals surface area contributed by atoms with Gasteiger partial charge in [0, 0.05) is 20.8 Å². The fourth-order valence-electron chi connectivity index (χ4n) is 2.05. The lowest BCUT2D eigenvalue weighted by Gasteiger charge is -2.19. The monoisotopic (exact) mass is 375 g/mol. The van der Waals surface area contributed by atoms with Gasteiger partial charge in [0.25, 0.3) is 0 Å². The molecule has 2 rings (SSSR count). The van der Waals surface area contributed by atoms with E-state index in [0.717, 1.165) is 26.4 Å². The molecule has 0 bridgehead atoms. The van der Waals surface area contributed by atoms with Gasteiger partial charge in [-0.25, -0.2) is 0 Å². The Labute approximate surface area is 136 Å². The fraction of sp³-hybridized carbons (Fsp3) is 0.286. The summed E-state index contributed by atoms with van der Waals surface area (Å²) in [5.74, 6) is 1.63. The van der Waals surface area contributed by atoms with E-state index in [0.29, 0.717) is 5.02 Å². The third-order valence-electron chi connectivity index (χ3n) is 2.96. The first-order valence-corrected chi connectivity index (χ1v) is 7.98. The van der Waals surface area contributed by atoms with Crippen molar-refractivity contribution < 1.29 is 9.47 Å². The summed E-state index contributed by atoms with van der Waals surface area (Å²) in [5.41, 5.74) is 0.985. The van der Waals surface area contributed by atoms with Crippen molar-refractivity contribution in [3.8, 4) is 11.5 Å². The number of hydrogen-bond donors (Lipinski definition) is 1. The van der Waals surface area contributed by atoms with E-state index in [-0.39, 0.29) is 6.04 Å². The zero-order valence-corrected chi connectivity index (χ0v) is 14.5. The zero-order chi connectivity index (χ0) is 14.7. The van der Waals surface area contributed by atoms with Crippen LogP contribution >= 0.6 is 38.9 Å². The molecular weight excluding hydrogens is 362 g/mol. The van der Waals surface area contributed by atoms with Crippen LogP contribution in [0.15, 0.2) is 28.1 Å². The van der Waals surface area contributed by atoms with Crippen LogP contribution in [0.25, 0.3) is 0 Å². The minimum absolute atomic E-state index is 0.00569. The van der Waals surface area contributed by atoms with Crippen molar-refractivity contribution in [2.45, 2.75) is 6.04 Å². The second-order valence-corrected chi connectivity index (χ2v) is 6.35. The van der Waals surface area contributed by atoms with Gasteiger partial charge in [-0.2, -0.15) is 0 Å². The second kappa shape index (κ2) is 6.80. The smallest absolute Gasteiger partial charge is 0.138 e. The first-order valence-electron chi connectivity index (χ1n) is 5.93. The molecule has 0 saturated heterocycles. The van der Waals surface area contributed by atoms with Gasteiger partial charge >= 0.3 is 0 Å². The van der Waals surface area contributed by atoms with Gasteiger partial charge in [-0.05, 0) is 41.2 Å². The van der Waals surface area contributed by atoms with Gasteiger partial charge in [0.1, 0.15) is 11.5 Å². The van der Waals surface area contributed by atoms with E-state index in [2.05, 4.69) is 21.2 Å². The van der Waals surface area contributed by atoms with Crippen molar-refractivity contribution in [3.05, 3.63) is 43.5 Å². The van der Waals surface area contributed by atoms with E-state index in [9.17, 15) is 0 Å². The first-order chi connectivity index (χ1) is 9.60. The summed E-state index contributed by atoms with van der Waals surface area (Å²) in [6, 6.07) is 5.75. The Balaban J connectivity index is 2.51. The lowest BCUT2D eigenvalue weighted by Crippen LogP contribution is -2.17. The SMILES string of the molecule is CNC(c1cc(OC)cs1)c1cc(Cl)cc(Br)c1OC. The molecule has 0 fully saturated rings. The van der Waals surface area contributed by atoms with Crippen LogP contribution in [0.2, 0.25) is 5.02 Å². The minimum atomic E-state index is -0.00569. The van der Waals surface area contributed by atoms with Gasteiger partial charge in [-0.3, -0.25) is 0 Å². The molecular formula is C14H15BrClNO2S. The summed E-state index contributed by atoms with van der Waals surface area (Å²) in [5, 5.41) is 5.94. The van der Waals surface area contributed by atoms with E-state index in [1.807, 2.05) is 30.6 Å². The van der Waals surface area contributed by atoms with Crippen LogP contribution in [0.1, 0.15) is 16.5 Å². The molecule has 20 heavy (non-hydrogen) atoms. The predicted molar refractivity (Wildman–Crippen MR) is 87.5 cm³/mol. The summed E-state index contributed by atoms with van der Waals surface area (Å²) >= 11 is 11.3. The van der Waals surface area contributed by atoms with Crippen LogP contribution in [-0.4, -0.2) is 21.3 Å². The van der Waals surface area contributed by atoms with Crippen molar-refractivity contribution in [2.24, 2.45) is 0 Å². The van der Waals surface area contributed by atoms with E-state index in [4.69, 9.17) is 21.1 Å². The Kier molecular flexibility index (Phi) is 5.32. The standard InChI is InChI=1S/C14H15BrClNO2S/c1-17-13(12-6-9(18-2)7-20-12)10-4-8(16)5-11(15)14(10)19-3/h4-7,13,17H,1-3H3. The number of benzene rings is 1. The van der Waals surface area contributed by atoms with E-state index >= 15 is 0 Å². The molecule has 0 spiro atoms. The lowest BCUT2D eigenvalue weighted by molar-refractivity contribution is 0.402. The van der Waals surface area contributed by atoms with Crippen LogP contribution in [-0.2, 0) is 0 Å². The summed E-state index contributed by atoms with van der Waals surface area (Å²) in [6.45, 7) is 0. The molecule has 0 saturated carbocycles. The van der Waals surface area contributed by atoms with Crippen LogP contribution in [0, 0.1) is 0 Å². The Morgan fingerprint density at radius 2 is 2.00 bits per heavy atom. The number of hydrogen-bond acceptors (Lipinski definition) is 4. The Bertz CT molecular complexity index is 603. The van der Waals surface area contributed by atoms with E-state index < -0.39 is 0 Å². The molecule has 1 atom stereocenters. The van der Waals surface area contributed by atoms with Gasteiger partial charge in [0.05, 0.1) is 24.7 Å². The number of methoxy groups -OCH3 is 2. The largest absolute Gasteiger partial charge is 0.496 e. The highest BCUT2D eigenvalue weighted by atomic mass is 79.9. The maximum Gasteiger partial charge on any atom is 0.138 e. The normalized spacial score (nSPS) is 12.2. The molecule has 1 aromatic heterocycles. The highest BCUT2D eigenvalue weighted by Gasteiger charge is 2.21. The second-order valence-electron chi connectivity index (χ2n) is 4.12. The van der Waals surface area contributed by atoms with Gasteiger partial charge < -0.3 is 14.8 Å². The average molecular weight is 377 g/mol. The first kappa shape index (κ1) is 15.6. The Morgan fingerprint density at radius 3 is 2.55 bits per heavy atom. The highest BCUT2D eigenvalue weighted by Crippen LogP contribution is 2.40. The molecule has 0 radical (unpaired) electrons. The molecule has 0 aliphatic carbocycles. The van der Waals surface area contributed by atoms with Gasteiger partial charge in [-0.1, -0.05) is 11.6 Å². The maximum atomic E-state index is 6.17. The van der Waals surface area contributed by atoms with E-state index in [1.54, 1.807) is 25.6 Å². The Hall–Kier alpha value is -0.750. The average Bonchev–Trinajstić information content (AvgIpc) is 2.88. The highest BCUT2D eigenvalue weighted by molar-refractivity contribution is 9.10. The van der Waals surface area contributed by atoms with Crippen LogP contribution in [0.5, 0.6) is 11.5 Å². The van der Waals surface area contributed by atoms with Crippen molar-refractivity contribution in [1.29, 1.82) is 0 Å². The molecule has 6 heteroatoms. The van der Waals surface area contributed by atoms with Gasteiger partial charge in [0.2, 0.25) is 0 Å². The molecule has 3 nitrogen and oxygen atoms in total. The number of nitrogens with one attached hydrogen (secondary N) is 1. The lowest BCUT2D eigenvalue weighted by atomic mass is 10.0. The quantitative estimate of drug-likeness (QED) is 0.834. The van der Waals surface area contributed by atoms with Gasteiger partial charge in [-0.15, -0.1) is 11.3 Å². The molecule has 0 aliphatic heterocycles. The van der Waals surface area contributed by atoms with Crippen molar-refractivity contribution in [1.82, 2.24) is 5.32 Å². The van der Waals surface area contributed by atoms with Crippen molar-refractivity contribution in [3.63, 3.8) is 0 Å². The molecule has 1 heterocycles. The summed E-state index contributed by atoms with van der Waals surface area (Å²) in [7, 11) is 5.22. The number of rotatable bonds is 5. The summed E-state index contributed by atoms with van der Waals surface area (Å²) in [4.78, 5) is 1.14. The van der Waals surface area contributed by atoms with Crippen LogP contribution in [0.3, 0.4) is 0 Å². The number of thiophene rings is 1. The topological polar surface area (TPSA) is 30.5 Å². The third kappa shape index (κ3) is 3.11. The summed E-state index contributed by atoms with van der Waals surface area (Å²) in [6.07, 6.45) is 0. The third-order valence-corrected chi connectivity index (χ3v) is 4.74. The predicted octanol–water partition coefficient (Wildman–Crippen LogP) is 4.49. The van der Waals surface area contributed by atoms with Crippen molar-refractivity contribution >= 4 is 38.9 Å².